The molecular formula is C15H19N2O3S. The Morgan fingerprint density at radius 3 is 2.38 bits per heavy atom. The summed E-state index contributed by atoms with van der Waals surface area (Å²) in [4.78, 5) is 23.8. The van der Waals surface area contributed by atoms with E-state index in [9.17, 15) is 9.59 Å². The Morgan fingerprint density at radius 1 is 1.38 bits per heavy atom. The molecule has 1 unspecified atom stereocenters. The van der Waals surface area contributed by atoms with Gasteiger partial charge in [0.1, 0.15) is 17.5 Å². The Balaban J connectivity index is 0.000000194. The van der Waals surface area contributed by atoms with Crippen LogP contribution in [0.3, 0.4) is 0 Å². The molecule has 2 fully saturated rings. The highest BCUT2D eigenvalue weighted by Crippen LogP contribution is 2.50. The second kappa shape index (κ2) is 5.69. The smallest absolute Gasteiger partial charge is 0.327 e. The standard InChI is InChI=1S/C8H12N2O3S.C7H7/c1-8(2)4(7(12)13)10-5(11)3(9)6(10)14-8;1-7-5-3-2-4-6-7/h3-4,6H,9H2,1-2H3,(H,12,13);2-6H,1H2/t3?,4-,6+;/m0./s1. The first-order chi connectivity index (χ1) is 9.75. The molecule has 1 aromatic carbocycles. The summed E-state index contributed by atoms with van der Waals surface area (Å²) in [6, 6.07) is 8.60. The van der Waals surface area contributed by atoms with Crippen molar-refractivity contribution < 1.29 is 14.7 Å². The van der Waals surface area contributed by atoms with Crippen molar-refractivity contribution in [3.8, 4) is 0 Å². The maximum absolute atomic E-state index is 11.4. The van der Waals surface area contributed by atoms with Crippen LogP contribution in [0.5, 0.6) is 0 Å². The van der Waals surface area contributed by atoms with Crippen molar-refractivity contribution in [3.63, 3.8) is 0 Å². The van der Waals surface area contributed by atoms with E-state index in [0.29, 0.717) is 0 Å². The molecule has 0 aromatic heterocycles. The fourth-order valence-corrected chi connectivity index (χ4v) is 4.09. The zero-order valence-corrected chi connectivity index (χ0v) is 12.8. The summed E-state index contributed by atoms with van der Waals surface area (Å²) in [6.45, 7) is 7.38. The van der Waals surface area contributed by atoms with E-state index >= 15 is 0 Å². The lowest BCUT2D eigenvalue weighted by Crippen LogP contribution is -2.68. The molecule has 0 saturated carbocycles. The van der Waals surface area contributed by atoms with E-state index in [1.54, 1.807) is 0 Å². The van der Waals surface area contributed by atoms with Crippen LogP contribution in [0.25, 0.3) is 0 Å². The summed E-state index contributed by atoms with van der Waals surface area (Å²) >= 11 is 1.47. The lowest BCUT2D eigenvalue weighted by atomic mass is 9.96. The molecule has 0 spiro atoms. The molecule has 0 aliphatic carbocycles. The molecule has 21 heavy (non-hydrogen) atoms. The first-order valence-corrected chi connectivity index (χ1v) is 7.49. The number of β-lactam (4-membered cyclic amide) rings is 1. The monoisotopic (exact) mass is 307 g/mol. The molecule has 2 heterocycles. The fourth-order valence-electron chi connectivity index (χ4n) is 2.52. The van der Waals surface area contributed by atoms with Crippen LogP contribution in [-0.2, 0) is 9.59 Å². The van der Waals surface area contributed by atoms with Crippen LogP contribution in [0.4, 0.5) is 0 Å². The number of rotatable bonds is 1. The van der Waals surface area contributed by atoms with Crippen molar-refractivity contribution in [2.24, 2.45) is 5.73 Å². The van der Waals surface area contributed by atoms with E-state index in [4.69, 9.17) is 10.8 Å². The normalized spacial score (nSPS) is 29.0. The van der Waals surface area contributed by atoms with Gasteiger partial charge >= 0.3 is 5.97 Å². The lowest BCUT2D eigenvalue weighted by Gasteiger charge is -2.41. The summed E-state index contributed by atoms with van der Waals surface area (Å²) in [5.74, 6) is -1.20. The molecule has 2 aliphatic rings. The van der Waals surface area contributed by atoms with Crippen LogP contribution in [0.2, 0.25) is 0 Å². The van der Waals surface area contributed by atoms with Gasteiger partial charge in [-0.3, -0.25) is 4.79 Å². The quantitative estimate of drug-likeness (QED) is 0.765. The van der Waals surface area contributed by atoms with Gasteiger partial charge in [-0.1, -0.05) is 30.3 Å². The van der Waals surface area contributed by atoms with E-state index in [0.717, 1.165) is 5.56 Å². The van der Waals surface area contributed by atoms with Crippen molar-refractivity contribution in [3.05, 3.63) is 42.8 Å². The van der Waals surface area contributed by atoms with Crippen LogP contribution in [0.15, 0.2) is 30.3 Å². The van der Waals surface area contributed by atoms with Crippen LogP contribution in [0, 0.1) is 6.92 Å². The molecule has 3 N–H and O–H groups in total. The van der Waals surface area contributed by atoms with Crippen molar-refractivity contribution in [1.82, 2.24) is 4.90 Å². The fraction of sp³-hybridized carbons (Fsp3) is 0.400. The predicted octanol–water partition coefficient (Wildman–Crippen LogP) is 1.33. The first kappa shape index (κ1) is 15.9. The van der Waals surface area contributed by atoms with Gasteiger partial charge in [-0.05, 0) is 26.3 Å². The van der Waals surface area contributed by atoms with Crippen LogP contribution < -0.4 is 5.73 Å². The van der Waals surface area contributed by atoms with Gasteiger partial charge in [0.05, 0.1) is 0 Å². The molecule has 3 atom stereocenters. The number of carbonyl (C=O) groups excluding carboxylic acids is 1. The van der Waals surface area contributed by atoms with Crippen molar-refractivity contribution in [2.75, 3.05) is 0 Å². The lowest BCUT2D eigenvalue weighted by molar-refractivity contribution is -0.159. The third-order valence-electron chi connectivity index (χ3n) is 3.56. The maximum Gasteiger partial charge on any atom is 0.327 e. The van der Waals surface area contributed by atoms with E-state index in [1.807, 2.05) is 44.2 Å². The number of carboxylic acid groups (broad SMARTS) is 1. The topological polar surface area (TPSA) is 83.6 Å². The van der Waals surface area contributed by atoms with Crippen LogP contribution in [-0.4, -0.2) is 44.1 Å². The maximum atomic E-state index is 11.4. The average molecular weight is 307 g/mol. The minimum atomic E-state index is -0.953. The molecule has 3 rings (SSSR count). The molecular weight excluding hydrogens is 288 g/mol. The average Bonchev–Trinajstić information content (AvgIpc) is 2.69. The van der Waals surface area contributed by atoms with Crippen LogP contribution in [0.1, 0.15) is 19.4 Å². The number of carboxylic acids is 1. The number of fused-ring (bicyclic) bond motifs is 1. The Labute approximate surface area is 128 Å². The molecule has 113 valence electrons. The number of benzene rings is 1. The van der Waals surface area contributed by atoms with E-state index in [2.05, 4.69) is 6.92 Å². The van der Waals surface area contributed by atoms with Gasteiger partial charge in [0.25, 0.3) is 0 Å². The summed E-state index contributed by atoms with van der Waals surface area (Å²) in [7, 11) is 0. The zero-order valence-electron chi connectivity index (χ0n) is 12.0. The highest BCUT2D eigenvalue weighted by molar-refractivity contribution is 8.01. The van der Waals surface area contributed by atoms with Gasteiger partial charge in [-0.25, -0.2) is 4.79 Å². The number of nitrogens with two attached hydrogens (primary N) is 1. The van der Waals surface area contributed by atoms with Crippen molar-refractivity contribution >= 4 is 23.6 Å². The number of hydrogen-bond donors (Lipinski definition) is 2. The molecule has 1 aromatic rings. The third-order valence-corrected chi connectivity index (χ3v) is 5.15. The summed E-state index contributed by atoms with van der Waals surface area (Å²) in [6.07, 6.45) is 0. The molecule has 2 aliphatic heterocycles. The number of thioether (sulfide) groups is 1. The largest absolute Gasteiger partial charge is 0.480 e. The predicted molar refractivity (Wildman–Crippen MR) is 82.6 cm³/mol. The van der Waals surface area contributed by atoms with Crippen molar-refractivity contribution in [1.29, 1.82) is 0 Å². The van der Waals surface area contributed by atoms with E-state index < -0.39 is 22.8 Å². The Morgan fingerprint density at radius 2 is 1.95 bits per heavy atom. The van der Waals surface area contributed by atoms with Gasteiger partial charge in [0, 0.05) is 4.75 Å². The summed E-state index contributed by atoms with van der Waals surface area (Å²) in [5.41, 5.74) is 6.66. The molecule has 0 bridgehead atoms. The SMILES string of the molecule is CC1(C)S[C@@H]2C(N)C(=O)N2[C@H]1C(=O)O.[CH2]c1ccccc1. The second-order valence-corrected chi connectivity index (χ2v) is 7.38. The van der Waals surface area contributed by atoms with Gasteiger partial charge in [0.2, 0.25) is 5.91 Å². The number of hydrogen-bond acceptors (Lipinski definition) is 4. The molecule has 6 heteroatoms. The number of amides is 1. The summed E-state index contributed by atoms with van der Waals surface area (Å²) in [5, 5.41) is 8.87. The van der Waals surface area contributed by atoms with Gasteiger partial charge in [0.15, 0.2) is 0 Å². The Hall–Kier alpha value is -1.53. The van der Waals surface area contributed by atoms with E-state index in [1.165, 1.54) is 16.7 Å². The molecule has 1 radical (unpaired) electrons. The first-order valence-electron chi connectivity index (χ1n) is 6.61. The minimum Gasteiger partial charge on any atom is -0.480 e. The Kier molecular flexibility index (Phi) is 4.30. The summed E-state index contributed by atoms with van der Waals surface area (Å²) < 4.78 is -0.458. The molecule has 2 saturated heterocycles. The van der Waals surface area contributed by atoms with Gasteiger partial charge in [-0.15, -0.1) is 11.8 Å². The zero-order chi connectivity index (χ0) is 15.8. The van der Waals surface area contributed by atoms with E-state index in [-0.39, 0.29) is 11.3 Å². The minimum absolute atomic E-state index is 0.154. The highest BCUT2D eigenvalue weighted by Gasteiger charge is 2.62. The number of nitrogens with zero attached hydrogens (tertiary/aromatic N) is 1. The van der Waals surface area contributed by atoms with Gasteiger partial charge in [-0.2, -0.15) is 0 Å². The highest BCUT2D eigenvalue weighted by atomic mass is 32.2. The third kappa shape index (κ3) is 2.91. The van der Waals surface area contributed by atoms with Crippen LogP contribution >= 0.6 is 11.8 Å². The Bertz CT molecular complexity index is 547. The molecule has 1 amide bonds. The van der Waals surface area contributed by atoms with Crippen molar-refractivity contribution in [2.45, 2.75) is 36.1 Å². The second-order valence-electron chi connectivity index (χ2n) is 5.61. The van der Waals surface area contributed by atoms with Gasteiger partial charge < -0.3 is 15.7 Å². The number of carbonyl (C=O) groups is 2. The molecule has 5 nitrogen and oxygen atoms in total. The number of aliphatic carboxylic acids is 1.